The van der Waals surface area contributed by atoms with Gasteiger partial charge in [-0.3, -0.25) is 0 Å². The zero-order chi connectivity index (χ0) is 11.1. The molecule has 0 heterocycles. The number of hydrogen-bond donors (Lipinski definition) is 4. The van der Waals surface area contributed by atoms with E-state index < -0.39 is 37.6 Å². The van der Waals surface area contributed by atoms with Crippen LogP contribution in [0.1, 0.15) is 0 Å². The molecular formula is C8H18O6. The summed E-state index contributed by atoms with van der Waals surface area (Å²) >= 11 is 0. The molecule has 0 aliphatic carbocycles. The van der Waals surface area contributed by atoms with E-state index in [1.54, 1.807) is 0 Å². The molecule has 0 aliphatic heterocycles. The number of ether oxygens (including phenoxy) is 2. The molecule has 4 N–H and O–H groups in total. The van der Waals surface area contributed by atoms with Crippen molar-refractivity contribution in [2.45, 2.75) is 24.4 Å². The third kappa shape index (κ3) is 3.49. The molecule has 0 aromatic carbocycles. The molecule has 0 aliphatic rings. The van der Waals surface area contributed by atoms with Crippen LogP contribution in [0, 0.1) is 0 Å². The second-order valence-electron chi connectivity index (χ2n) is 2.90. The molecule has 0 radical (unpaired) electrons. The monoisotopic (exact) mass is 210 g/mol. The van der Waals surface area contributed by atoms with Crippen molar-refractivity contribution >= 4 is 0 Å². The molecule has 0 rings (SSSR count). The van der Waals surface area contributed by atoms with Gasteiger partial charge in [-0.1, -0.05) is 0 Å². The Hall–Kier alpha value is -0.240. The maximum atomic E-state index is 9.59. The van der Waals surface area contributed by atoms with Gasteiger partial charge in [0.1, 0.15) is 24.4 Å². The molecule has 0 amide bonds. The number of rotatable bonds is 7. The van der Waals surface area contributed by atoms with Crippen LogP contribution in [0.3, 0.4) is 0 Å². The topological polar surface area (TPSA) is 99.4 Å². The molecule has 0 bridgehead atoms. The predicted molar refractivity (Wildman–Crippen MR) is 47.8 cm³/mol. The SMILES string of the molecule is CO[C@@H]([C@H](O)[C@@H](CO)OC)[C@H](O)CO. The largest absolute Gasteiger partial charge is 0.394 e. The highest BCUT2D eigenvalue weighted by Crippen LogP contribution is 2.10. The van der Waals surface area contributed by atoms with E-state index in [0.717, 1.165) is 0 Å². The van der Waals surface area contributed by atoms with Gasteiger partial charge in [0, 0.05) is 14.2 Å². The molecule has 0 unspecified atom stereocenters. The van der Waals surface area contributed by atoms with Crippen molar-refractivity contribution in [1.29, 1.82) is 0 Å². The third-order valence-corrected chi connectivity index (χ3v) is 2.04. The summed E-state index contributed by atoms with van der Waals surface area (Å²) in [6.07, 6.45) is -4.24. The highest BCUT2D eigenvalue weighted by Gasteiger charge is 2.32. The molecule has 0 saturated heterocycles. The van der Waals surface area contributed by atoms with Crippen molar-refractivity contribution in [1.82, 2.24) is 0 Å². The van der Waals surface area contributed by atoms with Gasteiger partial charge in [-0.2, -0.15) is 0 Å². The number of methoxy groups -OCH3 is 2. The second-order valence-corrected chi connectivity index (χ2v) is 2.90. The second kappa shape index (κ2) is 7.10. The fourth-order valence-corrected chi connectivity index (χ4v) is 1.16. The quantitative estimate of drug-likeness (QED) is 0.378. The summed E-state index contributed by atoms with van der Waals surface area (Å²) in [6.45, 7) is -0.924. The van der Waals surface area contributed by atoms with Crippen LogP contribution < -0.4 is 0 Å². The summed E-state index contributed by atoms with van der Waals surface area (Å²) in [7, 11) is 2.61. The molecule has 0 aromatic heterocycles. The average molecular weight is 210 g/mol. The minimum Gasteiger partial charge on any atom is -0.394 e. The van der Waals surface area contributed by atoms with Crippen molar-refractivity contribution in [3.63, 3.8) is 0 Å². The van der Waals surface area contributed by atoms with Crippen molar-refractivity contribution in [3.05, 3.63) is 0 Å². The molecule has 0 aromatic rings. The standard InChI is InChI=1S/C8H18O6/c1-13-6(4-10)7(12)8(14-2)5(11)3-9/h5-12H,3-4H2,1-2H3/t5-,6-,7-,8-/m1/s1. The van der Waals surface area contributed by atoms with E-state index in [-0.39, 0.29) is 0 Å². The zero-order valence-corrected chi connectivity index (χ0v) is 8.33. The van der Waals surface area contributed by atoms with Crippen molar-refractivity contribution < 1.29 is 29.9 Å². The van der Waals surface area contributed by atoms with Crippen molar-refractivity contribution in [3.8, 4) is 0 Å². The molecule has 14 heavy (non-hydrogen) atoms. The molecule has 0 spiro atoms. The van der Waals surface area contributed by atoms with Crippen LogP contribution in [0.2, 0.25) is 0 Å². The van der Waals surface area contributed by atoms with Crippen LogP contribution in [-0.2, 0) is 9.47 Å². The predicted octanol–water partition coefficient (Wildman–Crippen LogP) is -2.28. The van der Waals surface area contributed by atoms with Gasteiger partial charge >= 0.3 is 0 Å². The van der Waals surface area contributed by atoms with Gasteiger partial charge in [0.2, 0.25) is 0 Å². The number of hydrogen-bond acceptors (Lipinski definition) is 6. The first-order valence-corrected chi connectivity index (χ1v) is 4.25. The Morgan fingerprint density at radius 3 is 1.86 bits per heavy atom. The molecule has 4 atom stereocenters. The number of aliphatic hydroxyl groups is 4. The minimum atomic E-state index is -1.21. The van der Waals surface area contributed by atoms with E-state index in [1.807, 2.05) is 0 Å². The van der Waals surface area contributed by atoms with Crippen LogP contribution in [0.5, 0.6) is 0 Å². The summed E-state index contributed by atoms with van der Waals surface area (Å²) in [6, 6.07) is 0. The van der Waals surface area contributed by atoms with E-state index in [2.05, 4.69) is 0 Å². The lowest BCUT2D eigenvalue weighted by molar-refractivity contribution is -0.144. The molecule has 0 fully saturated rings. The van der Waals surface area contributed by atoms with Crippen molar-refractivity contribution in [2.24, 2.45) is 0 Å². The van der Waals surface area contributed by atoms with Crippen LogP contribution in [0.15, 0.2) is 0 Å². The van der Waals surface area contributed by atoms with Gasteiger partial charge in [0.25, 0.3) is 0 Å². The van der Waals surface area contributed by atoms with Crippen LogP contribution in [-0.4, -0.2) is 72.3 Å². The van der Waals surface area contributed by atoms with E-state index in [0.29, 0.717) is 0 Å². The van der Waals surface area contributed by atoms with E-state index >= 15 is 0 Å². The Kier molecular flexibility index (Phi) is 6.98. The summed E-state index contributed by atoms with van der Waals surface area (Å²) in [5.74, 6) is 0. The Morgan fingerprint density at radius 2 is 1.57 bits per heavy atom. The van der Waals surface area contributed by atoms with E-state index in [4.69, 9.17) is 19.7 Å². The molecular weight excluding hydrogens is 192 g/mol. The average Bonchev–Trinajstić information content (AvgIpc) is 2.20. The van der Waals surface area contributed by atoms with Crippen LogP contribution >= 0.6 is 0 Å². The Balaban J connectivity index is 4.34. The van der Waals surface area contributed by atoms with Crippen LogP contribution in [0.4, 0.5) is 0 Å². The van der Waals surface area contributed by atoms with Gasteiger partial charge in [-0.05, 0) is 0 Å². The third-order valence-electron chi connectivity index (χ3n) is 2.04. The van der Waals surface area contributed by atoms with Crippen molar-refractivity contribution in [2.75, 3.05) is 27.4 Å². The molecule has 6 heteroatoms. The van der Waals surface area contributed by atoms with Gasteiger partial charge in [0.15, 0.2) is 0 Å². The lowest BCUT2D eigenvalue weighted by Gasteiger charge is -2.29. The fraction of sp³-hybridized carbons (Fsp3) is 1.00. The highest BCUT2D eigenvalue weighted by molar-refractivity contribution is 4.82. The molecule has 0 saturated carbocycles. The maximum absolute atomic E-state index is 9.59. The first kappa shape index (κ1) is 13.8. The van der Waals surface area contributed by atoms with Crippen LogP contribution in [0.25, 0.3) is 0 Å². The Bertz CT molecular complexity index is 138. The smallest absolute Gasteiger partial charge is 0.114 e. The summed E-state index contributed by atoms with van der Waals surface area (Å²) in [4.78, 5) is 0. The first-order chi connectivity index (χ1) is 6.62. The minimum absolute atomic E-state index is 0.393. The lowest BCUT2D eigenvalue weighted by Crippen LogP contribution is -2.48. The zero-order valence-electron chi connectivity index (χ0n) is 8.33. The highest BCUT2D eigenvalue weighted by atomic mass is 16.5. The molecule has 86 valence electrons. The normalized spacial score (nSPS) is 20.1. The lowest BCUT2D eigenvalue weighted by atomic mass is 10.0. The van der Waals surface area contributed by atoms with Gasteiger partial charge in [0.05, 0.1) is 13.2 Å². The Morgan fingerprint density at radius 1 is 1.00 bits per heavy atom. The number of aliphatic hydroxyl groups excluding tert-OH is 4. The summed E-state index contributed by atoms with van der Waals surface area (Å²) in [5.41, 5.74) is 0. The Labute approximate surface area is 82.7 Å². The van der Waals surface area contributed by atoms with Gasteiger partial charge in [-0.15, -0.1) is 0 Å². The molecule has 6 nitrogen and oxygen atoms in total. The van der Waals surface area contributed by atoms with E-state index in [9.17, 15) is 10.2 Å². The van der Waals surface area contributed by atoms with Gasteiger partial charge < -0.3 is 29.9 Å². The van der Waals surface area contributed by atoms with E-state index in [1.165, 1.54) is 14.2 Å². The summed E-state index contributed by atoms with van der Waals surface area (Å²) in [5, 5.41) is 36.3. The first-order valence-electron chi connectivity index (χ1n) is 4.25. The van der Waals surface area contributed by atoms with Gasteiger partial charge in [-0.25, -0.2) is 0 Å². The summed E-state index contributed by atoms with van der Waals surface area (Å²) < 4.78 is 9.56. The fourth-order valence-electron chi connectivity index (χ4n) is 1.16. The maximum Gasteiger partial charge on any atom is 0.114 e.